The van der Waals surface area contributed by atoms with E-state index in [2.05, 4.69) is 15.3 Å². The molecule has 2 unspecified atom stereocenters. The summed E-state index contributed by atoms with van der Waals surface area (Å²) in [7, 11) is 1.68. The van der Waals surface area contributed by atoms with Crippen LogP contribution >= 0.6 is 0 Å². The highest BCUT2D eigenvalue weighted by Gasteiger charge is 2.33. The summed E-state index contributed by atoms with van der Waals surface area (Å²) in [6.45, 7) is 9.78. The Kier molecular flexibility index (Phi) is 10.5. The number of rotatable bonds is 9. The maximum atomic E-state index is 13.1. The van der Waals surface area contributed by atoms with Crippen molar-refractivity contribution in [3.05, 3.63) is 71.3 Å². The molecule has 2 fully saturated rings. The molecule has 2 aromatic carbocycles. The highest BCUT2D eigenvalue weighted by atomic mass is 19.2. The van der Waals surface area contributed by atoms with Gasteiger partial charge in [0.15, 0.2) is 17.4 Å². The van der Waals surface area contributed by atoms with Gasteiger partial charge in [0.1, 0.15) is 18.5 Å². The van der Waals surface area contributed by atoms with Crippen molar-refractivity contribution in [2.75, 3.05) is 51.9 Å². The molecular formula is C30H39F2N5O5. The van der Waals surface area contributed by atoms with Crippen LogP contribution in [0.4, 0.5) is 19.4 Å². The normalized spacial score (nSPS) is 19.8. The molecule has 10 nitrogen and oxygen atoms in total. The van der Waals surface area contributed by atoms with E-state index in [1.807, 2.05) is 51.1 Å². The van der Waals surface area contributed by atoms with Crippen LogP contribution in [0.3, 0.4) is 0 Å². The molecule has 0 bridgehead atoms. The standard InChI is InChI=1S/C17H22N4O4.C13H17F2NO/c1-11-14(19-16(18)22)21(12-7-5-4-6-8-12)20-15(11)23-9-13-10-24-17(2,3)25-13;1-17-7-6-16-5-4-11(9-16)10-2-3-12(14)13(15)8-10/h4-8,13H,9-10H2,1-3H3,(H3,18,19,22);2-3,8,11H,4-7,9H2,1H3. The zero-order valence-corrected chi connectivity index (χ0v) is 24.4. The molecule has 3 N–H and O–H groups in total. The summed E-state index contributed by atoms with van der Waals surface area (Å²) >= 11 is 0. The van der Waals surface area contributed by atoms with Gasteiger partial charge in [-0.1, -0.05) is 24.3 Å². The lowest BCUT2D eigenvalue weighted by Gasteiger charge is -2.17. The molecule has 42 heavy (non-hydrogen) atoms. The third kappa shape index (κ3) is 8.25. The van der Waals surface area contributed by atoms with E-state index in [9.17, 15) is 13.6 Å². The van der Waals surface area contributed by atoms with Gasteiger partial charge in [-0.25, -0.2) is 18.3 Å². The highest BCUT2D eigenvalue weighted by Crippen LogP contribution is 2.30. The van der Waals surface area contributed by atoms with Crippen LogP contribution in [0, 0.1) is 18.6 Å². The zero-order chi connectivity index (χ0) is 30.3. The lowest BCUT2D eigenvalue weighted by atomic mass is 9.98. The number of nitrogens with one attached hydrogen (secondary N) is 1. The van der Waals surface area contributed by atoms with Gasteiger partial charge in [-0.05, 0) is 69.5 Å². The van der Waals surface area contributed by atoms with E-state index in [4.69, 9.17) is 24.7 Å². The molecule has 2 amide bonds. The van der Waals surface area contributed by atoms with Crippen LogP contribution in [0.2, 0.25) is 0 Å². The average molecular weight is 588 g/mol. The summed E-state index contributed by atoms with van der Waals surface area (Å²) in [5, 5.41) is 7.06. The first kappa shape index (κ1) is 31.4. The SMILES string of the molecule is COCCN1CCC(c2ccc(F)c(F)c2)C1.Cc1c(OCC2COC(C)(C)O2)nn(-c2ccccc2)c1NC(N)=O. The van der Waals surface area contributed by atoms with E-state index < -0.39 is 23.5 Å². The number of urea groups is 1. The van der Waals surface area contributed by atoms with Gasteiger partial charge in [0.2, 0.25) is 5.88 Å². The van der Waals surface area contributed by atoms with Gasteiger partial charge in [-0.15, -0.1) is 5.10 Å². The molecule has 228 valence electrons. The number of carbonyl (C=O) groups is 1. The maximum absolute atomic E-state index is 13.1. The number of carbonyl (C=O) groups excluding carboxylic acids is 1. The number of aromatic nitrogens is 2. The van der Waals surface area contributed by atoms with Gasteiger partial charge in [0, 0.05) is 20.2 Å². The van der Waals surface area contributed by atoms with Crippen molar-refractivity contribution < 1.29 is 32.5 Å². The fraction of sp³-hybridized carbons (Fsp3) is 0.467. The Morgan fingerprint density at radius 1 is 1.19 bits per heavy atom. The highest BCUT2D eigenvalue weighted by molar-refractivity contribution is 5.88. The third-order valence-electron chi connectivity index (χ3n) is 7.09. The minimum absolute atomic E-state index is 0.177. The summed E-state index contributed by atoms with van der Waals surface area (Å²) < 4.78 is 49.6. The lowest BCUT2D eigenvalue weighted by Crippen LogP contribution is -2.25. The Labute approximate surface area is 244 Å². The van der Waals surface area contributed by atoms with Gasteiger partial charge in [-0.3, -0.25) is 5.32 Å². The van der Waals surface area contributed by atoms with Gasteiger partial charge >= 0.3 is 6.03 Å². The number of benzene rings is 2. The Morgan fingerprint density at radius 2 is 1.95 bits per heavy atom. The fourth-order valence-corrected chi connectivity index (χ4v) is 4.94. The van der Waals surface area contributed by atoms with Crippen LogP contribution in [0.25, 0.3) is 5.69 Å². The van der Waals surface area contributed by atoms with Crippen LogP contribution in [-0.2, 0) is 14.2 Å². The number of nitrogens with zero attached hydrogens (tertiary/aromatic N) is 3. The van der Waals surface area contributed by atoms with Crippen LogP contribution in [0.5, 0.6) is 5.88 Å². The van der Waals surface area contributed by atoms with Gasteiger partial charge < -0.3 is 29.6 Å². The van der Waals surface area contributed by atoms with E-state index >= 15 is 0 Å². The molecule has 2 aliphatic rings. The number of likely N-dealkylation sites (tertiary alicyclic amines) is 1. The van der Waals surface area contributed by atoms with Crippen LogP contribution in [0.15, 0.2) is 48.5 Å². The number of anilines is 1. The maximum Gasteiger partial charge on any atom is 0.317 e. The van der Waals surface area contributed by atoms with Crippen molar-refractivity contribution in [1.82, 2.24) is 14.7 Å². The summed E-state index contributed by atoms with van der Waals surface area (Å²) in [5.74, 6) is -0.952. The average Bonchev–Trinajstić information content (AvgIpc) is 3.66. The van der Waals surface area contributed by atoms with Crippen LogP contribution in [0.1, 0.15) is 37.3 Å². The quantitative estimate of drug-likeness (QED) is 0.376. The molecule has 3 aromatic rings. The van der Waals surface area contributed by atoms with Gasteiger partial charge in [0.05, 0.1) is 24.5 Å². The van der Waals surface area contributed by atoms with E-state index in [-0.39, 0.29) is 6.10 Å². The van der Waals surface area contributed by atoms with Crippen molar-refractivity contribution in [3.63, 3.8) is 0 Å². The second-order valence-electron chi connectivity index (χ2n) is 10.7. The number of ether oxygens (including phenoxy) is 4. The minimum Gasteiger partial charge on any atom is -0.473 e. The zero-order valence-electron chi connectivity index (χ0n) is 24.4. The Morgan fingerprint density at radius 3 is 2.60 bits per heavy atom. The fourth-order valence-electron chi connectivity index (χ4n) is 4.94. The molecule has 2 atom stereocenters. The topological polar surface area (TPSA) is 113 Å². The second-order valence-corrected chi connectivity index (χ2v) is 10.7. The summed E-state index contributed by atoms with van der Waals surface area (Å²) in [4.78, 5) is 13.6. The van der Waals surface area contributed by atoms with Crippen molar-refractivity contribution >= 4 is 11.8 Å². The van der Waals surface area contributed by atoms with Gasteiger partial charge in [-0.2, -0.15) is 0 Å². The van der Waals surface area contributed by atoms with Crippen molar-refractivity contribution in [3.8, 4) is 11.6 Å². The number of hydrogen-bond donors (Lipinski definition) is 2. The molecule has 1 aromatic heterocycles. The van der Waals surface area contributed by atoms with Crippen molar-refractivity contribution in [2.45, 2.75) is 45.0 Å². The predicted molar refractivity (Wildman–Crippen MR) is 154 cm³/mol. The van der Waals surface area contributed by atoms with Crippen LogP contribution < -0.4 is 15.8 Å². The largest absolute Gasteiger partial charge is 0.473 e. The van der Waals surface area contributed by atoms with Crippen molar-refractivity contribution in [2.24, 2.45) is 5.73 Å². The molecule has 5 rings (SSSR count). The number of amides is 2. The molecule has 0 spiro atoms. The number of primary amides is 1. The van der Waals surface area contributed by atoms with E-state index in [1.165, 1.54) is 12.1 Å². The Hall–Kier alpha value is -3.58. The van der Waals surface area contributed by atoms with E-state index in [1.54, 1.807) is 17.9 Å². The first-order valence-corrected chi connectivity index (χ1v) is 13.9. The molecule has 0 saturated carbocycles. The summed E-state index contributed by atoms with van der Waals surface area (Å²) in [6, 6.07) is 13.0. The summed E-state index contributed by atoms with van der Waals surface area (Å²) in [6.07, 6.45) is 0.818. The minimum atomic E-state index is -0.775. The van der Waals surface area contributed by atoms with E-state index in [0.29, 0.717) is 43.0 Å². The first-order valence-electron chi connectivity index (χ1n) is 13.9. The Bertz CT molecular complexity index is 1340. The Balaban J connectivity index is 0.000000208. The monoisotopic (exact) mass is 587 g/mol. The number of hydrogen-bond acceptors (Lipinski definition) is 7. The molecule has 0 radical (unpaired) electrons. The number of methoxy groups -OCH3 is 1. The lowest BCUT2D eigenvalue weighted by molar-refractivity contribution is -0.141. The van der Waals surface area contributed by atoms with Crippen LogP contribution in [-0.4, -0.2) is 79.2 Å². The van der Waals surface area contributed by atoms with Crippen molar-refractivity contribution in [1.29, 1.82) is 0 Å². The number of halogens is 2. The molecule has 2 aliphatic heterocycles. The molecule has 0 aliphatic carbocycles. The molecule has 3 heterocycles. The number of para-hydroxylation sites is 1. The second kappa shape index (κ2) is 14.1. The number of nitrogens with two attached hydrogens (primary N) is 1. The first-order chi connectivity index (χ1) is 20.1. The molecule has 2 saturated heterocycles. The molecular weight excluding hydrogens is 548 g/mol. The van der Waals surface area contributed by atoms with E-state index in [0.717, 1.165) is 37.3 Å². The summed E-state index contributed by atoms with van der Waals surface area (Å²) in [5.41, 5.74) is 7.64. The molecule has 12 heteroatoms. The predicted octanol–water partition coefficient (Wildman–Crippen LogP) is 4.60. The smallest absolute Gasteiger partial charge is 0.317 e. The van der Waals surface area contributed by atoms with Gasteiger partial charge in [0.25, 0.3) is 0 Å². The third-order valence-corrected chi connectivity index (χ3v) is 7.09.